The van der Waals surface area contributed by atoms with E-state index < -0.39 is 10.8 Å². The van der Waals surface area contributed by atoms with E-state index in [1.54, 1.807) is 12.6 Å². The van der Waals surface area contributed by atoms with E-state index in [1.165, 1.54) is 5.56 Å². The minimum atomic E-state index is -1.08. The molecule has 0 amide bonds. The maximum atomic E-state index is 11.3. The molecule has 0 saturated carbocycles. The fraction of sp³-hybridized carbons (Fsp3) is 0.273. The summed E-state index contributed by atoms with van der Waals surface area (Å²) < 4.78 is 13.2. The zero-order valence-corrected chi connectivity index (χ0v) is 9.85. The molecule has 84 valence electrons. The van der Waals surface area contributed by atoms with Crippen LogP contribution in [0.25, 0.3) is 0 Å². The van der Waals surface area contributed by atoms with Gasteiger partial charge in [-0.2, -0.15) is 0 Å². The molecule has 1 aromatic carbocycles. The van der Waals surface area contributed by atoms with Gasteiger partial charge in [-0.25, -0.2) is 0 Å². The molecule has 0 aliphatic heterocycles. The van der Waals surface area contributed by atoms with E-state index in [1.807, 2.05) is 22.8 Å². The Hall–Kier alpha value is -1.49. The predicted molar refractivity (Wildman–Crippen MR) is 62.5 cm³/mol. The Morgan fingerprint density at radius 2 is 2.06 bits per heavy atom. The molecular weight excluding hydrogens is 222 g/mol. The predicted octanol–water partition coefficient (Wildman–Crippen LogP) is 1.26. The average molecular weight is 235 g/mol. The Kier molecular flexibility index (Phi) is 3.46. The first kappa shape index (κ1) is 11.0. The van der Waals surface area contributed by atoms with E-state index in [2.05, 4.69) is 22.3 Å². The van der Waals surface area contributed by atoms with Crippen LogP contribution in [-0.2, 0) is 23.8 Å². The number of hydrogen-bond acceptors (Lipinski definition) is 3. The summed E-state index contributed by atoms with van der Waals surface area (Å²) in [4.78, 5) is 0. The fourth-order valence-electron chi connectivity index (χ4n) is 1.51. The van der Waals surface area contributed by atoms with E-state index in [4.69, 9.17) is 0 Å². The normalized spacial score (nSPS) is 12.6. The molecule has 0 N–H and O–H groups in total. The molecule has 2 aromatic rings. The van der Waals surface area contributed by atoms with Crippen molar-refractivity contribution in [3.05, 3.63) is 42.2 Å². The molecule has 0 aliphatic carbocycles. The summed E-state index contributed by atoms with van der Waals surface area (Å²) in [6, 6.07) is 10.2. The van der Waals surface area contributed by atoms with Gasteiger partial charge in [-0.3, -0.25) is 4.21 Å². The second kappa shape index (κ2) is 5.03. The molecule has 5 heteroatoms. The third-order valence-corrected chi connectivity index (χ3v) is 3.15. The lowest BCUT2D eigenvalue weighted by Gasteiger charge is -2.04. The van der Waals surface area contributed by atoms with Gasteiger partial charge in [0.25, 0.3) is 0 Å². The zero-order valence-electron chi connectivity index (χ0n) is 9.04. The van der Waals surface area contributed by atoms with Crippen molar-refractivity contribution in [2.45, 2.75) is 18.1 Å². The molecule has 0 unspecified atom stereocenters. The molecular formula is C11H13N3OS. The highest BCUT2D eigenvalue weighted by atomic mass is 32.2. The van der Waals surface area contributed by atoms with Gasteiger partial charge in [0.15, 0.2) is 0 Å². The Morgan fingerprint density at radius 3 is 2.75 bits per heavy atom. The molecule has 4 nitrogen and oxygen atoms in total. The van der Waals surface area contributed by atoms with Crippen molar-refractivity contribution in [2.75, 3.05) is 6.26 Å². The van der Waals surface area contributed by atoms with Gasteiger partial charge >= 0.3 is 0 Å². The van der Waals surface area contributed by atoms with Crippen LogP contribution in [0.15, 0.2) is 41.8 Å². The zero-order chi connectivity index (χ0) is 11.4. The third kappa shape index (κ3) is 2.55. The summed E-state index contributed by atoms with van der Waals surface area (Å²) >= 11 is 0. The minimum Gasteiger partial charge on any atom is -0.306 e. The molecule has 0 saturated heterocycles. The van der Waals surface area contributed by atoms with Gasteiger partial charge in [-0.1, -0.05) is 30.3 Å². The van der Waals surface area contributed by atoms with Crippen LogP contribution in [0.2, 0.25) is 0 Å². The van der Waals surface area contributed by atoms with Crippen LogP contribution in [0.5, 0.6) is 0 Å². The van der Waals surface area contributed by atoms with Gasteiger partial charge < -0.3 is 4.57 Å². The molecule has 1 heterocycles. The van der Waals surface area contributed by atoms with E-state index in [0.29, 0.717) is 5.16 Å². The molecule has 0 aliphatic rings. The molecule has 0 bridgehead atoms. The van der Waals surface area contributed by atoms with Gasteiger partial charge in [-0.15, -0.1) is 10.2 Å². The van der Waals surface area contributed by atoms with Gasteiger partial charge in [0, 0.05) is 12.8 Å². The van der Waals surface area contributed by atoms with Crippen LogP contribution in [0.4, 0.5) is 0 Å². The summed E-state index contributed by atoms with van der Waals surface area (Å²) in [6.45, 7) is 0.756. The summed E-state index contributed by atoms with van der Waals surface area (Å²) in [5.41, 5.74) is 1.25. The van der Waals surface area contributed by atoms with Crippen LogP contribution in [0, 0.1) is 0 Å². The van der Waals surface area contributed by atoms with Crippen molar-refractivity contribution in [3.63, 3.8) is 0 Å². The first-order valence-corrected chi connectivity index (χ1v) is 6.58. The Balaban J connectivity index is 2.05. The molecule has 0 fully saturated rings. The molecule has 1 aromatic heterocycles. The second-order valence-electron chi connectivity index (χ2n) is 3.50. The minimum absolute atomic E-state index is 0.538. The van der Waals surface area contributed by atoms with Crippen LogP contribution in [-0.4, -0.2) is 25.2 Å². The summed E-state index contributed by atoms with van der Waals surface area (Å²) in [6.07, 6.45) is 4.13. The van der Waals surface area contributed by atoms with Crippen molar-refractivity contribution in [1.29, 1.82) is 0 Å². The largest absolute Gasteiger partial charge is 0.306 e. The molecule has 2 rings (SSSR count). The van der Waals surface area contributed by atoms with Crippen LogP contribution in [0.1, 0.15) is 5.56 Å². The number of rotatable bonds is 4. The maximum absolute atomic E-state index is 11.3. The van der Waals surface area contributed by atoms with Gasteiger partial charge in [0.1, 0.15) is 6.33 Å². The SMILES string of the molecule is C[S@](=O)c1nncn1CCc1ccccc1. The molecule has 0 radical (unpaired) electrons. The Bertz CT molecular complexity index is 481. The van der Waals surface area contributed by atoms with Crippen LogP contribution >= 0.6 is 0 Å². The number of nitrogens with zero attached hydrogens (tertiary/aromatic N) is 3. The Morgan fingerprint density at radius 1 is 1.31 bits per heavy atom. The van der Waals surface area contributed by atoms with Gasteiger partial charge in [-0.05, 0) is 12.0 Å². The summed E-state index contributed by atoms with van der Waals surface area (Å²) in [7, 11) is -1.08. The lowest BCUT2D eigenvalue weighted by molar-refractivity contribution is 0.614. The monoisotopic (exact) mass is 235 g/mol. The molecule has 0 spiro atoms. The smallest absolute Gasteiger partial charge is 0.221 e. The van der Waals surface area contributed by atoms with Crippen LogP contribution in [0.3, 0.4) is 0 Å². The van der Waals surface area contributed by atoms with Crippen molar-refractivity contribution >= 4 is 10.8 Å². The van der Waals surface area contributed by atoms with Crippen LogP contribution < -0.4 is 0 Å². The summed E-state index contributed by atoms with van der Waals surface area (Å²) in [5, 5.41) is 8.15. The summed E-state index contributed by atoms with van der Waals surface area (Å²) in [5.74, 6) is 0. The van der Waals surface area contributed by atoms with E-state index in [0.717, 1.165) is 13.0 Å². The quantitative estimate of drug-likeness (QED) is 0.801. The number of hydrogen-bond donors (Lipinski definition) is 0. The molecule has 1 atom stereocenters. The highest BCUT2D eigenvalue weighted by Crippen LogP contribution is 2.05. The lowest BCUT2D eigenvalue weighted by Crippen LogP contribution is -2.06. The first-order chi connectivity index (χ1) is 7.77. The van der Waals surface area contributed by atoms with Gasteiger partial charge in [0.05, 0.1) is 10.8 Å². The van der Waals surface area contributed by atoms with Crippen molar-refractivity contribution in [3.8, 4) is 0 Å². The van der Waals surface area contributed by atoms with Crippen molar-refractivity contribution in [1.82, 2.24) is 14.8 Å². The van der Waals surface area contributed by atoms with E-state index in [9.17, 15) is 4.21 Å². The maximum Gasteiger partial charge on any atom is 0.221 e. The topological polar surface area (TPSA) is 47.8 Å². The first-order valence-electron chi connectivity index (χ1n) is 5.02. The average Bonchev–Trinajstić information content (AvgIpc) is 2.76. The number of aromatic nitrogens is 3. The standard InChI is InChI=1S/C11H13N3OS/c1-16(15)11-13-12-9-14(11)8-7-10-5-3-2-4-6-10/h2-6,9H,7-8H2,1H3/t16-/m0/s1. The van der Waals surface area contributed by atoms with Gasteiger partial charge in [0.2, 0.25) is 5.16 Å². The highest BCUT2D eigenvalue weighted by Gasteiger charge is 2.07. The van der Waals surface area contributed by atoms with Crippen molar-refractivity contribution in [2.24, 2.45) is 0 Å². The number of benzene rings is 1. The Labute approximate surface area is 96.8 Å². The highest BCUT2D eigenvalue weighted by molar-refractivity contribution is 7.84. The van der Waals surface area contributed by atoms with E-state index in [-0.39, 0.29) is 0 Å². The fourth-order valence-corrected chi connectivity index (χ4v) is 2.15. The molecule has 16 heavy (non-hydrogen) atoms. The van der Waals surface area contributed by atoms with Crippen molar-refractivity contribution < 1.29 is 4.21 Å². The number of aryl methyl sites for hydroxylation is 2. The van der Waals surface area contributed by atoms with E-state index >= 15 is 0 Å². The lowest BCUT2D eigenvalue weighted by atomic mass is 10.1. The second-order valence-corrected chi connectivity index (χ2v) is 4.77. The third-order valence-electron chi connectivity index (χ3n) is 2.32.